The Bertz CT molecular complexity index is 866. The molecule has 0 aliphatic carbocycles. The SMILES string of the molecule is C1=CN(CCCCCCCCCCCCCCCCN2C=Cc3ccccc3C2)Cc2ccccc21. The van der Waals surface area contributed by atoms with Gasteiger partial charge in [0, 0.05) is 26.2 Å². The third-order valence-electron chi connectivity index (χ3n) is 7.93. The summed E-state index contributed by atoms with van der Waals surface area (Å²) >= 11 is 0. The molecule has 0 atom stereocenters. The predicted octanol–water partition coefficient (Wildman–Crippen LogP) is 9.42. The van der Waals surface area contributed by atoms with E-state index in [9.17, 15) is 0 Å². The number of nitrogens with zero attached hydrogens (tertiary/aromatic N) is 2. The van der Waals surface area contributed by atoms with E-state index in [4.69, 9.17) is 0 Å². The summed E-state index contributed by atoms with van der Waals surface area (Å²) < 4.78 is 0. The Morgan fingerprint density at radius 1 is 0.417 bits per heavy atom. The fourth-order valence-electron chi connectivity index (χ4n) is 5.65. The minimum absolute atomic E-state index is 1.08. The van der Waals surface area contributed by atoms with Crippen LogP contribution in [-0.4, -0.2) is 22.9 Å². The second kappa shape index (κ2) is 15.6. The molecule has 0 aromatic heterocycles. The van der Waals surface area contributed by atoms with Crippen molar-refractivity contribution in [3.63, 3.8) is 0 Å². The van der Waals surface area contributed by atoms with E-state index >= 15 is 0 Å². The molecule has 36 heavy (non-hydrogen) atoms. The van der Waals surface area contributed by atoms with Gasteiger partial charge in [-0.3, -0.25) is 0 Å². The molecule has 2 aliphatic rings. The molecule has 0 radical (unpaired) electrons. The van der Waals surface area contributed by atoms with Crippen molar-refractivity contribution in [3.05, 3.63) is 83.2 Å². The van der Waals surface area contributed by atoms with Gasteiger partial charge in [0.2, 0.25) is 0 Å². The van der Waals surface area contributed by atoms with Gasteiger partial charge in [0.1, 0.15) is 0 Å². The molecule has 4 rings (SSSR count). The van der Waals surface area contributed by atoms with Crippen LogP contribution in [0.3, 0.4) is 0 Å². The van der Waals surface area contributed by atoms with Crippen molar-refractivity contribution in [2.24, 2.45) is 0 Å². The molecular weight excluding hydrogens is 436 g/mol. The minimum Gasteiger partial charge on any atom is -0.373 e. The maximum atomic E-state index is 2.48. The molecule has 2 heteroatoms. The molecule has 2 aromatic carbocycles. The molecule has 0 N–H and O–H groups in total. The normalized spacial score (nSPS) is 14.2. The van der Waals surface area contributed by atoms with Gasteiger partial charge in [0.25, 0.3) is 0 Å². The summed E-state index contributed by atoms with van der Waals surface area (Å²) in [6.07, 6.45) is 28.9. The Morgan fingerprint density at radius 3 is 1.14 bits per heavy atom. The summed E-state index contributed by atoms with van der Waals surface area (Å²) in [5.74, 6) is 0. The van der Waals surface area contributed by atoms with Crippen LogP contribution in [-0.2, 0) is 13.1 Å². The molecule has 2 aliphatic heterocycles. The van der Waals surface area contributed by atoms with Gasteiger partial charge in [-0.05, 0) is 59.6 Å². The van der Waals surface area contributed by atoms with Crippen LogP contribution in [0, 0.1) is 0 Å². The predicted molar refractivity (Wildman–Crippen MR) is 156 cm³/mol. The third kappa shape index (κ3) is 9.19. The Balaban J connectivity index is 0.877. The molecule has 0 bridgehead atoms. The molecule has 194 valence electrons. The first-order valence-electron chi connectivity index (χ1n) is 14.9. The lowest BCUT2D eigenvalue weighted by Crippen LogP contribution is -2.21. The fraction of sp³-hybridized carbons (Fsp3) is 0.529. The quantitative estimate of drug-likeness (QED) is 0.206. The standard InChI is InChI=1S/C34H48N2/c1(3-5-7-9-11-17-25-35-27-23-31-19-13-15-21-33(31)29-35)2-4-6-8-10-12-18-26-36-28-24-32-20-14-16-22-34(32)30-36/h13-16,19-24,27-28H,1-12,17-18,25-26,29-30H2. The van der Waals surface area contributed by atoms with E-state index in [-0.39, 0.29) is 0 Å². The van der Waals surface area contributed by atoms with Crippen LogP contribution < -0.4 is 0 Å². The van der Waals surface area contributed by atoms with Gasteiger partial charge >= 0.3 is 0 Å². The average Bonchev–Trinajstić information content (AvgIpc) is 2.92. The highest BCUT2D eigenvalue weighted by molar-refractivity contribution is 5.56. The van der Waals surface area contributed by atoms with Crippen molar-refractivity contribution in [3.8, 4) is 0 Å². The van der Waals surface area contributed by atoms with Gasteiger partial charge in [-0.25, -0.2) is 0 Å². The molecule has 0 unspecified atom stereocenters. The zero-order valence-corrected chi connectivity index (χ0v) is 22.6. The van der Waals surface area contributed by atoms with Crippen molar-refractivity contribution in [2.45, 2.75) is 103 Å². The largest absolute Gasteiger partial charge is 0.373 e. The van der Waals surface area contributed by atoms with Crippen molar-refractivity contribution in [1.82, 2.24) is 9.80 Å². The lowest BCUT2D eigenvalue weighted by molar-refractivity contribution is 0.352. The van der Waals surface area contributed by atoms with Crippen molar-refractivity contribution in [1.29, 1.82) is 0 Å². The molecule has 0 spiro atoms. The van der Waals surface area contributed by atoms with Gasteiger partial charge in [-0.2, -0.15) is 0 Å². The Labute approximate surface area is 221 Å². The number of hydrogen-bond donors (Lipinski definition) is 0. The number of rotatable bonds is 17. The first-order chi connectivity index (χ1) is 17.9. The summed E-state index contributed by atoms with van der Waals surface area (Å²) in [5, 5.41) is 0. The highest BCUT2D eigenvalue weighted by Gasteiger charge is 2.10. The minimum atomic E-state index is 1.08. The zero-order valence-electron chi connectivity index (χ0n) is 22.6. The van der Waals surface area contributed by atoms with Crippen LogP contribution in [0.15, 0.2) is 60.9 Å². The van der Waals surface area contributed by atoms with Crippen LogP contribution in [0.2, 0.25) is 0 Å². The van der Waals surface area contributed by atoms with Gasteiger partial charge in [-0.1, -0.05) is 126 Å². The Morgan fingerprint density at radius 2 is 0.750 bits per heavy atom. The van der Waals surface area contributed by atoms with Crippen LogP contribution in [0.5, 0.6) is 0 Å². The molecule has 2 aromatic rings. The van der Waals surface area contributed by atoms with Crippen LogP contribution in [0.25, 0.3) is 12.2 Å². The van der Waals surface area contributed by atoms with E-state index in [0.717, 1.165) is 13.1 Å². The first-order valence-corrected chi connectivity index (χ1v) is 14.9. The second-order valence-corrected chi connectivity index (χ2v) is 10.9. The van der Waals surface area contributed by atoms with Gasteiger partial charge < -0.3 is 9.80 Å². The van der Waals surface area contributed by atoms with E-state index in [1.54, 1.807) is 0 Å². The summed E-state index contributed by atoms with van der Waals surface area (Å²) in [6, 6.07) is 17.6. The van der Waals surface area contributed by atoms with Crippen molar-refractivity contribution in [2.75, 3.05) is 13.1 Å². The average molecular weight is 485 g/mol. The van der Waals surface area contributed by atoms with E-state index in [1.165, 1.54) is 125 Å². The monoisotopic (exact) mass is 484 g/mol. The second-order valence-electron chi connectivity index (χ2n) is 10.9. The molecule has 0 saturated heterocycles. The highest BCUT2D eigenvalue weighted by atomic mass is 15.1. The maximum Gasteiger partial charge on any atom is 0.0429 e. The number of fused-ring (bicyclic) bond motifs is 2. The molecule has 2 heterocycles. The summed E-state index contributed by atoms with van der Waals surface area (Å²) in [7, 11) is 0. The summed E-state index contributed by atoms with van der Waals surface area (Å²) in [6.45, 7) is 4.57. The maximum absolute atomic E-state index is 2.48. The molecule has 0 fully saturated rings. The molecule has 0 saturated carbocycles. The van der Waals surface area contributed by atoms with Crippen LogP contribution in [0.1, 0.15) is 112 Å². The van der Waals surface area contributed by atoms with Gasteiger partial charge in [0.15, 0.2) is 0 Å². The molecular formula is C34H48N2. The van der Waals surface area contributed by atoms with Crippen molar-refractivity contribution >= 4 is 12.2 Å². The van der Waals surface area contributed by atoms with E-state index in [0.29, 0.717) is 0 Å². The fourth-order valence-corrected chi connectivity index (χ4v) is 5.65. The number of benzene rings is 2. The smallest absolute Gasteiger partial charge is 0.0429 e. The van der Waals surface area contributed by atoms with Crippen LogP contribution >= 0.6 is 0 Å². The van der Waals surface area contributed by atoms with E-state index < -0.39 is 0 Å². The molecule has 0 amide bonds. The highest BCUT2D eigenvalue weighted by Crippen LogP contribution is 2.21. The lowest BCUT2D eigenvalue weighted by Gasteiger charge is -2.25. The third-order valence-corrected chi connectivity index (χ3v) is 7.93. The Hall–Kier alpha value is -2.48. The molecule has 2 nitrogen and oxygen atoms in total. The van der Waals surface area contributed by atoms with E-state index in [2.05, 4.69) is 82.9 Å². The van der Waals surface area contributed by atoms with Gasteiger partial charge in [-0.15, -0.1) is 0 Å². The van der Waals surface area contributed by atoms with Crippen molar-refractivity contribution < 1.29 is 0 Å². The number of hydrogen-bond acceptors (Lipinski definition) is 2. The van der Waals surface area contributed by atoms with Gasteiger partial charge in [0.05, 0.1) is 0 Å². The number of unbranched alkanes of at least 4 members (excludes halogenated alkanes) is 13. The zero-order chi connectivity index (χ0) is 24.7. The van der Waals surface area contributed by atoms with Crippen LogP contribution in [0.4, 0.5) is 0 Å². The topological polar surface area (TPSA) is 6.48 Å². The summed E-state index contributed by atoms with van der Waals surface area (Å²) in [4.78, 5) is 4.96. The Kier molecular flexibility index (Phi) is 11.5. The van der Waals surface area contributed by atoms with E-state index in [1.807, 2.05) is 0 Å². The summed E-state index contributed by atoms with van der Waals surface area (Å²) in [5.41, 5.74) is 5.72. The first kappa shape index (κ1) is 26.6. The lowest BCUT2D eigenvalue weighted by atomic mass is 10.0.